The molecule has 2 saturated heterocycles. The summed E-state index contributed by atoms with van der Waals surface area (Å²) >= 11 is 1.39. The van der Waals surface area contributed by atoms with Crippen molar-refractivity contribution in [3.63, 3.8) is 0 Å². The van der Waals surface area contributed by atoms with Gasteiger partial charge >= 0.3 is 0 Å². The zero-order valence-corrected chi connectivity index (χ0v) is 18.3. The third-order valence-electron chi connectivity index (χ3n) is 5.43. The second-order valence-corrected chi connectivity index (χ2v) is 11.2. The molecule has 0 saturated carbocycles. The summed E-state index contributed by atoms with van der Waals surface area (Å²) in [6.45, 7) is 2.53. The summed E-state index contributed by atoms with van der Waals surface area (Å²) in [5.41, 5.74) is 2.99. The van der Waals surface area contributed by atoms with Crippen molar-refractivity contribution in [1.82, 2.24) is 4.90 Å². The number of hydrogen-bond donors (Lipinski definition) is 0. The van der Waals surface area contributed by atoms with Gasteiger partial charge in [-0.3, -0.25) is 4.79 Å². The standard InChI is InChI=1S/C22H23FN2O3S2/c1-15-2-4-17(5-3-15)12-21(26)24-22-25(11-10-16-6-8-18(23)9-7-16)19-13-30(27,28)14-20(19)29-22/h2-9,19-20H,10-14H2,1H3/t19-,20+/m1/s1. The number of carbonyl (C=O) groups is 1. The summed E-state index contributed by atoms with van der Waals surface area (Å²) in [7, 11) is -3.08. The minimum atomic E-state index is -3.08. The van der Waals surface area contributed by atoms with Gasteiger partial charge in [0.1, 0.15) is 5.82 Å². The van der Waals surface area contributed by atoms with E-state index in [0.717, 1.165) is 16.7 Å². The maximum absolute atomic E-state index is 13.2. The van der Waals surface area contributed by atoms with Crippen molar-refractivity contribution >= 4 is 32.7 Å². The molecule has 5 nitrogen and oxygen atoms in total. The fraction of sp³-hybridized carbons (Fsp3) is 0.364. The molecule has 2 fully saturated rings. The Hall–Kier alpha value is -2.19. The first-order valence-electron chi connectivity index (χ1n) is 9.84. The Morgan fingerprint density at radius 2 is 1.77 bits per heavy atom. The zero-order valence-electron chi connectivity index (χ0n) is 16.6. The molecule has 0 aromatic heterocycles. The van der Waals surface area contributed by atoms with Crippen LogP contribution in [0.3, 0.4) is 0 Å². The predicted octanol–water partition coefficient (Wildman–Crippen LogP) is 3.02. The van der Waals surface area contributed by atoms with Crippen molar-refractivity contribution in [1.29, 1.82) is 0 Å². The van der Waals surface area contributed by atoms with Crippen molar-refractivity contribution < 1.29 is 17.6 Å². The number of amides is 1. The molecule has 0 N–H and O–H groups in total. The molecule has 2 aromatic rings. The second-order valence-electron chi connectivity index (χ2n) is 7.82. The molecule has 158 valence electrons. The van der Waals surface area contributed by atoms with Gasteiger partial charge in [0, 0.05) is 11.8 Å². The predicted molar refractivity (Wildman–Crippen MR) is 118 cm³/mol. The number of fused-ring (bicyclic) bond motifs is 1. The van der Waals surface area contributed by atoms with Gasteiger partial charge in [0.05, 0.1) is 24.0 Å². The average molecular weight is 447 g/mol. The third-order valence-corrected chi connectivity index (χ3v) is 8.67. The van der Waals surface area contributed by atoms with E-state index in [2.05, 4.69) is 4.99 Å². The number of thioether (sulfide) groups is 1. The number of nitrogens with zero attached hydrogens (tertiary/aromatic N) is 2. The molecule has 2 aliphatic heterocycles. The Kier molecular flexibility index (Phi) is 5.97. The van der Waals surface area contributed by atoms with E-state index in [1.807, 2.05) is 36.1 Å². The molecular formula is C22H23FN2O3S2. The van der Waals surface area contributed by atoms with Crippen LogP contribution >= 0.6 is 11.8 Å². The summed E-state index contributed by atoms with van der Waals surface area (Å²) in [5, 5.41) is 0.494. The minimum absolute atomic E-state index is 0.0826. The Morgan fingerprint density at radius 1 is 1.10 bits per heavy atom. The fourth-order valence-electron chi connectivity index (χ4n) is 3.82. The first-order chi connectivity index (χ1) is 14.3. The lowest BCUT2D eigenvalue weighted by molar-refractivity contribution is -0.117. The van der Waals surface area contributed by atoms with Gasteiger partial charge in [-0.05, 0) is 36.6 Å². The van der Waals surface area contributed by atoms with Gasteiger partial charge in [-0.15, -0.1) is 0 Å². The van der Waals surface area contributed by atoms with Gasteiger partial charge in [0.25, 0.3) is 5.91 Å². The molecule has 30 heavy (non-hydrogen) atoms. The number of aliphatic imine (C=N–C) groups is 1. The van der Waals surface area contributed by atoms with Gasteiger partial charge in [0.15, 0.2) is 15.0 Å². The highest BCUT2D eigenvalue weighted by molar-refractivity contribution is 8.15. The lowest BCUT2D eigenvalue weighted by Crippen LogP contribution is -2.39. The quantitative estimate of drug-likeness (QED) is 0.706. The van der Waals surface area contributed by atoms with Crippen molar-refractivity contribution in [3.8, 4) is 0 Å². The lowest BCUT2D eigenvalue weighted by Gasteiger charge is -2.24. The molecule has 0 bridgehead atoms. The molecule has 1 amide bonds. The molecule has 0 unspecified atom stereocenters. The molecule has 0 radical (unpaired) electrons. The van der Waals surface area contributed by atoms with Crippen LogP contribution in [0.2, 0.25) is 0 Å². The van der Waals surface area contributed by atoms with Crippen LogP contribution in [0.1, 0.15) is 16.7 Å². The van der Waals surface area contributed by atoms with Crippen molar-refractivity contribution in [2.75, 3.05) is 18.1 Å². The zero-order chi connectivity index (χ0) is 21.3. The number of halogens is 1. The van der Waals surface area contributed by atoms with E-state index < -0.39 is 9.84 Å². The van der Waals surface area contributed by atoms with Crippen molar-refractivity contribution in [2.45, 2.75) is 31.1 Å². The van der Waals surface area contributed by atoms with E-state index in [-0.39, 0.29) is 40.9 Å². The molecule has 0 spiro atoms. The summed E-state index contributed by atoms with van der Waals surface area (Å²) in [4.78, 5) is 18.9. The molecular weight excluding hydrogens is 423 g/mol. The van der Waals surface area contributed by atoms with Gasteiger partial charge in [-0.25, -0.2) is 12.8 Å². The molecule has 4 rings (SSSR count). The maximum atomic E-state index is 13.2. The number of benzene rings is 2. The number of rotatable bonds is 5. The first kappa shape index (κ1) is 21.1. The van der Waals surface area contributed by atoms with Gasteiger partial charge in [0.2, 0.25) is 0 Å². The third kappa shape index (κ3) is 4.92. The van der Waals surface area contributed by atoms with Crippen LogP contribution < -0.4 is 0 Å². The van der Waals surface area contributed by atoms with Gasteiger partial charge < -0.3 is 4.90 Å². The van der Waals surface area contributed by atoms with Crippen LogP contribution in [0.5, 0.6) is 0 Å². The maximum Gasteiger partial charge on any atom is 0.252 e. The van der Waals surface area contributed by atoms with Crippen LogP contribution in [0.15, 0.2) is 53.5 Å². The van der Waals surface area contributed by atoms with Gasteiger partial charge in [-0.1, -0.05) is 53.7 Å². The Balaban J connectivity index is 1.50. The van der Waals surface area contributed by atoms with E-state index in [4.69, 9.17) is 0 Å². The van der Waals surface area contributed by atoms with Crippen LogP contribution in [0.25, 0.3) is 0 Å². The van der Waals surface area contributed by atoms with Crippen molar-refractivity contribution in [2.24, 2.45) is 4.99 Å². The topological polar surface area (TPSA) is 66.8 Å². The summed E-state index contributed by atoms with van der Waals surface area (Å²) in [6.07, 6.45) is 0.832. The van der Waals surface area contributed by atoms with Crippen LogP contribution in [0, 0.1) is 12.7 Å². The van der Waals surface area contributed by atoms with E-state index in [1.165, 1.54) is 23.9 Å². The number of carbonyl (C=O) groups excluding carboxylic acids is 1. The first-order valence-corrected chi connectivity index (χ1v) is 12.5. The molecule has 2 aromatic carbocycles. The second kappa shape index (κ2) is 8.51. The largest absolute Gasteiger partial charge is 0.346 e. The van der Waals surface area contributed by atoms with Crippen molar-refractivity contribution in [3.05, 3.63) is 71.0 Å². The Morgan fingerprint density at radius 3 is 2.47 bits per heavy atom. The average Bonchev–Trinajstić information content (AvgIpc) is 3.14. The fourth-order valence-corrected chi connectivity index (χ4v) is 7.82. The highest BCUT2D eigenvalue weighted by Gasteiger charge is 2.48. The van der Waals surface area contributed by atoms with Gasteiger partial charge in [-0.2, -0.15) is 4.99 Å². The molecule has 2 aliphatic rings. The van der Waals surface area contributed by atoms with Crippen LogP contribution in [0.4, 0.5) is 4.39 Å². The Labute approximate surface area is 180 Å². The SMILES string of the molecule is Cc1ccc(CC(=O)N=C2S[C@H]3CS(=O)(=O)C[C@H]3N2CCc2ccc(F)cc2)cc1. The van der Waals surface area contributed by atoms with E-state index in [1.54, 1.807) is 12.1 Å². The monoisotopic (exact) mass is 446 g/mol. The minimum Gasteiger partial charge on any atom is -0.346 e. The molecule has 0 aliphatic carbocycles. The lowest BCUT2D eigenvalue weighted by atomic mass is 10.1. The molecule has 2 heterocycles. The molecule has 2 atom stereocenters. The van der Waals surface area contributed by atoms with E-state index in [0.29, 0.717) is 18.1 Å². The highest BCUT2D eigenvalue weighted by Crippen LogP contribution is 2.38. The normalized spacial score (nSPS) is 23.7. The highest BCUT2D eigenvalue weighted by atomic mass is 32.2. The number of amidine groups is 1. The van der Waals surface area contributed by atoms with Crippen LogP contribution in [-0.2, 0) is 27.5 Å². The molecule has 8 heteroatoms. The Bertz CT molecular complexity index is 1070. The number of aryl methyl sites for hydroxylation is 1. The number of sulfone groups is 1. The summed E-state index contributed by atoms with van der Waals surface area (Å²) in [6, 6.07) is 13.9. The summed E-state index contributed by atoms with van der Waals surface area (Å²) in [5.74, 6) is -0.336. The number of hydrogen-bond acceptors (Lipinski definition) is 4. The van der Waals surface area contributed by atoms with Crippen LogP contribution in [-0.4, -0.2) is 53.7 Å². The van der Waals surface area contributed by atoms with E-state index >= 15 is 0 Å². The van der Waals surface area contributed by atoms with E-state index in [9.17, 15) is 17.6 Å². The summed E-state index contributed by atoms with van der Waals surface area (Å²) < 4.78 is 37.4. The smallest absolute Gasteiger partial charge is 0.252 e.